The molecule has 0 saturated carbocycles. The number of halogens is 1. The molecule has 0 atom stereocenters. The van der Waals surface area contributed by atoms with Crippen LogP contribution in [0.5, 0.6) is 5.88 Å². The highest BCUT2D eigenvalue weighted by molar-refractivity contribution is 9.10. The summed E-state index contributed by atoms with van der Waals surface area (Å²) < 4.78 is 6.74. The zero-order valence-electron chi connectivity index (χ0n) is 53.8. The van der Waals surface area contributed by atoms with Gasteiger partial charge in [-0.05, 0) is 159 Å². The average molecular weight is 1220 g/mol. The minimum atomic E-state index is 0. The van der Waals surface area contributed by atoms with Gasteiger partial charge in [-0.1, -0.05) is 182 Å². The molecule has 1 aliphatic heterocycles. The van der Waals surface area contributed by atoms with E-state index in [2.05, 4.69) is 239 Å². The molecule has 11 heteroatoms. The molecule has 1 aliphatic rings. The van der Waals surface area contributed by atoms with Gasteiger partial charge in [-0.25, -0.2) is 19.9 Å². The fraction of sp³-hybridized carbons (Fsp3) is 0.528. The fourth-order valence-electron chi connectivity index (χ4n) is 8.94. The summed E-state index contributed by atoms with van der Waals surface area (Å²) in [5.74, 6) is 16.4. The minimum Gasteiger partial charge on any atom is -0.480 e. The van der Waals surface area contributed by atoms with Gasteiger partial charge in [-0.15, -0.1) is 37.5 Å². The van der Waals surface area contributed by atoms with E-state index in [1.165, 1.54) is 36.0 Å². The molecule has 448 valence electrons. The van der Waals surface area contributed by atoms with Crippen LogP contribution in [0.3, 0.4) is 0 Å². The Morgan fingerprint density at radius 3 is 1.27 bits per heavy atom. The van der Waals surface area contributed by atoms with Gasteiger partial charge in [0.1, 0.15) is 26.2 Å². The van der Waals surface area contributed by atoms with Crippen LogP contribution in [0.1, 0.15) is 308 Å². The van der Waals surface area contributed by atoms with Crippen LogP contribution in [0, 0.1) is 65.3 Å². The molecule has 1 N–H and O–H groups in total. The number of ether oxygens (including phenoxy) is 1. The molecule has 0 amide bonds. The maximum Gasteiger partial charge on any atom is 0.229 e. The van der Waals surface area contributed by atoms with Crippen molar-refractivity contribution in [2.75, 3.05) is 31.4 Å². The third kappa shape index (κ3) is 21.3. The van der Waals surface area contributed by atoms with Gasteiger partial charge < -0.3 is 14.6 Å². The Labute approximate surface area is 523 Å². The second-order valence-corrected chi connectivity index (χ2v) is 25.8. The molecule has 5 aromatic rings. The Hall–Kier alpha value is -5.87. The van der Waals surface area contributed by atoms with E-state index < -0.39 is 0 Å². The number of aromatic nitrogens is 5. The van der Waals surface area contributed by atoms with Gasteiger partial charge in [0.2, 0.25) is 5.88 Å². The van der Waals surface area contributed by atoms with Crippen molar-refractivity contribution in [1.29, 1.82) is 5.26 Å². The average Bonchev–Trinajstić information content (AvgIpc) is 3.62. The monoisotopic (exact) mass is 1220 g/mol. The summed E-state index contributed by atoms with van der Waals surface area (Å²) in [7, 11) is 1.61. The zero-order chi connectivity index (χ0) is 62.5. The van der Waals surface area contributed by atoms with E-state index in [0.29, 0.717) is 69.7 Å². The van der Waals surface area contributed by atoms with Crippen molar-refractivity contribution in [3.63, 3.8) is 0 Å². The molecule has 6 heterocycles. The van der Waals surface area contributed by atoms with E-state index in [0.717, 1.165) is 96.0 Å². The number of nitrogens with zero attached hydrogens (tertiary/aromatic N) is 6. The van der Waals surface area contributed by atoms with Gasteiger partial charge in [0, 0.05) is 41.6 Å². The van der Waals surface area contributed by atoms with Crippen LogP contribution in [0.2, 0.25) is 0 Å². The normalized spacial score (nSPS) is 11.8. The van der Waals surface area contributed by atoms with Crippen molar-refractivity contribution in [3.8, 4) is 61.3 Å². The van der Waals surface area contributed by atoms with Crippen molar-refractivity contribution < 1.29 is 4.74 Å². The molecule has 0 aromatic carbocycles. The van der Waals surface area contributed by atoms with Gasteiger partial charge in [0.15, 0.2) is 0 Å². The number of anilines is 1. The molecule has 0 radical (unpaired) electrons. The van der Waals surface area contributed by atoms with Crippen LogP contribution in [-0.2, 0) is 0 Å². The van der Waals surface area contributed by atoms with E-state index in [1.54, 1.807) is 18.9 Å². The summed E-state index contributed by atoms with van der Waals surface area (Å²) in [5.41, 5.74) is 15.6. The predicted octanol–water partition coefficient (Wildman–Crippen LogP) is 20.2. The van der Waals surface area contributed by atoms with E-state index >= 15 is 0 Å². The standard InChI is InChI=1S/C17H25N3.C14H19NO.C14H19NS.C13H16BrN.C13H17NS.CH4/c1-12(2)14-10-16(13(3)4)19-17(15(14)11-18)20-8-6-5-7-9-20;2*1-7-11-12(9(2)3)8-13(10(4)5)15-14(11)16-6;1-6-10-11(8(2)3)7-12(9(4)5)15-13(10)14;1-6-10-11(8(2)3)7-12(9(4)5)14-13(10)15;/h10,12-13H,5-9H2,1-4H3;2*1,8-10H,2-6H3;1,7-9H,2-5H3;1,7-9H,2-5H3,(H,14,15);1H4. The molecule has 6 rings (SSSR count). The summed E-state index contributed by atoms with van der Waals surface area (Å²) >= 11 is 10.3. The number of nitriles is 1. The summed E-state index contributed by atoms with van der Waals surface area (Å²) in [6.07, 6.45) is 27.8. The third-order valence-corrected chi connectivity index (χ3v) is 15.6. The molecule has 83 heavy (non-hydrogen) atoms. The quantitative estimate of drug-likeness (QED) is 0.0534. The highest BCUT2D eigenvalue weighted by Crippen LogP contribution is 2.34. The molecule has 1 fully saturated rings. The lowest BCUT2D eigenvalue weighted by Crippen LogP contribution is -2.31. The molecule has 0 aliphatic carbocycles. The van der Waals surface area contributed by atoms with E-state index in [4.69, 9.17) is 47.6 Å². The van der Waals surface area contributed by atoms with Crippen LogP contribution in [0.25, 0.3) is 0 Å². The molecule has 5 aromatic heterocycles. The number of methoxy groups -OCH3 is 1. The van der Waals surface area contributed by atoms with Crippen molar-refractivity contribution in [3.05, 3.63) is 124 Å². The molecule has 0 unspecified atom stereocenters. The number of thioether (sulfide) groups is 1. The summed E-state index contributed by atoms with van der Waals surface area (Å²) in [6, 6.07) is 13.0. The van der Waals surface area contributed by atoms with Crippen LogP contribution < -0.4 is 9.64 Å². The Kier molecular flexibility index (Phi) is 32.7. The first-order valence-electron chi connectivity index (χ1n) is 29.2. The molecule has 0 spiro atoms. The molecule has 1 saturated heterocycles. The second-order valence-electron chi connectivity index (χ2n) is 23.8. The van der Waals surface area contributed by atoms with Crippen molar-refractivity contribution in [2.24, 2.45) is 0 Å². The van der Waals surface area contributed by atoms with Crippen molar-refractivity contribution >= 4 is 45.7 Å². The van der Waals surface area contributed by atoms with Crippen molar-refractivity contribution in [2.45, 2.75) is 229 Å². The number of rotatable bonds is 13. The molecular formula is C72H100BrN7OS2. The third-order valence-electron chi connectivity index (χ3n) is 14.1. The summed E-state index contributed by atoms with van der Waals surface area (Å²) in [5, 5.41) is 10.6. The lowest BCUT2D eigenvalue weighted by molar-refractivity contribution is 0.393. The lowest BCUT2D eigenvalue weighted by atomic mass is 9.95. The lowest BCUT2D eigenvalue weighted by Gasteiger charge is -2.30. The SMILES string of the molecule is C.C#Cc1c(C(C)C)cc(C(C)C)[nH]c1=S.C#Cc1c(C(C)C)cc(C(C)C)nc1Br.C#Cc1c(C(C)C)cc(C(C)C)nc1OC.C#Cc1c(C(C)C)cc(C(C)C)nc1SC.CC(C)c1cc(C(C)C)c(C#N)c(N2CCCCC2)n1. The summed E-state index contributed by atoms with van der Waals surface area (Å²) in [6.45, 7) is 44.9. The van der Waals surface area contributed by atoms with Gasteiger partial charge >= 0.3 is 0 Å². The second kappa shape index (κ2) is 36.1. The van der Waals surface area contributed by atoms with Crippen LogP contribution in [-0.4, -0.2) is 51.4 Å². The topological polar surface area (TPSA) is 104 Å². The van der Waals surface area contributed by atoms with Gasteiger partial charge in [0.05, 0.1) is 34.9 Å². The number of hydrogen-bond donors (Lipinski definition) is 1. The first kappa shape index (κ1) is 75.1. The Morgan fingerprint density at radius 1 is 0.518 bits per heavy atom. The highest BCUT2D eigenvalue weighted by Gasteiger charge is 2.23. The smallest absolute Gasteiger partial charge is 0.229 e. The van der Waals surface area contributed by atoms with Gasteiger partial charge in [-0.3, -0.25) is 0 Å². The van der Waals surface area contributed by atoms with E-state index in [9.17, 15) is 5.26 Å². The maximum atomic E-state index is 9.59. The number of pyridine rings is 5. The van der Waals surface area contributed by atoms with E-state index in [1.807, 2.05) is 6.26 Å². The van der Waals surface area contributed by atoms with Crippen LogP contribution in [0.4, 0.5) is 5.82 Å². The zero-order valence-corrected chi connectivity index (χ0v) is 57.0. The van der Waals surface area contributed by atoms with Gasteiger partial charge in [0.25, 0.3) is 0 Å². The molecular weight excluding hydrogens is 1120 g/mol. The summed E-state index contributed by atoms with van der Waals surface area (Å²) in [4.78, 5) is 23.8. The maximum absolute atomic E-state index is 9.59. The van der Waals surface area contributed by atoms with Crippen LogP contribution in [0.15, 0.2) is 40.0 Å². The highest BCUT2D eigenvalue weighted by atomic mass is 79.9. The number of terminal acetylenes is 4. The first-order valence-corrected chi connectivity index (χ1v) is 31.6. The molecule has 0 bridgehead atoms. The van der Waals surface area contributed by atoms with Crippen LogP contribution >= 0.6 is 39.9 Å². The number of piperidine rings is 1. The Bertz CT molecular complexity index is 3090. The van der Waals surface area contributed by atoms with Gasteiger partial charge in [-0.2, -0.15) is 5.26 Å². The number of aromatic amines is 1. The molecule has 8 nitrogen and oxygen atoms in total. The largest absolute Gasteiger partial charge is 0.480 e. The number of nitrogens with one attached hydrogen (secondary N) is 1. The van der Waals surface area contributed by atoms with Crippen molar-refractivity contribution in [1.82, 2.24) is 24.9 Å². The number of hydrogen-bond acceptors (Lipinski definition) is 9. The number of H-pyrrole nitrogens is 1. The Balaban J connectivity index is 0.000000520. The fourth-order valence-corrected chi connectivity index (χ4v) is 10.4. The minimum absolute atomic E-state index is 0. The Morgan fingerprint density at radius 2 is 0.892 bits per heavy atom. The first-order chi connectivity index (χ1) is 38.5. The predicted molar refractivity (Wildman–Crippen MR) is 365 cm³/mol. The van der Waals surface area contributed by atoms with E-state index in [-0.39, 0.29) is 7.43 Å².